The van der Waals surface area contributed by atoms with E-state index in [9.17, 15) is 0 Å². The van der Waals surface area contributed by atoms with Crippen LogP contribution in [0, 0.1) is 0 Å². The van der Waals surface area contributed by atoms with E-state index < -0.39 is 0 Å². The van der Waals surface area contributed by atoms with E-state index in [0.29, 0.717) is 0 Å². The van der Waals surface area contributed by atoms with Crippen molar-refractivity contribution in [1.29, 1.82) is 0 Å². The minimum Gasteiger partial charge on any atom is -0.306 e. The molecule has 0 amide bonds. The lowest BCUT2D eigenvalue weighted by Crippen LogP contribution is -2.10. The molecule has 0 aliphatic rings. The van der Waals surface area contributed by atoms with Crippen molar-refractivity contribution >= 4 is 17.7 Å². The third-order valence-corrected chi connectivity index (χ3v) is 1.86. The van der Waals surface area contributed by atoms with Gasteiger partial charge >= 0.3 is 0 Å². The van der Waals surface area contributed by atoms with Crippen LogP contribution in [0.25, 0.3) is 6.08 Å². The van der Waals surface area contributed by atoms with Crippen LogP contribution in [0.4, 0.5) is 0 Å². The van der Waals surface area contributed by atoms with E-state index in [1.54, 1.807) is 0 Å². The van der Waals surface area contributed by atoms with Gasteiger partial charge in [-0.2, -0.15) is 0 Å². The maximum Gasteiger partial charge on any atom is 0.0411 e. The second-order valence-corrected chi connectivity index (χ2v) is 3.66. The SMILES string of the molecule is CN(C)CC=Cc1cccc(Cl)c1. The van der Waals surface area contributed by atoms with Gasteiger partial charge < -0.3 is 4.90 Å². The van der Waals surface area contributed by atoms with Gasteiger partial charge in [-0.15, -0.1) is 0 Å². The van der Waals surface area contributed by atoms with Gasteiger partial charge in [0, 0.05) is 11.6 Å². The van der Waals surface area contributed by atoms with Crippen molar-refractivity contribution in [2.24, 2.45) is 0 Å². The van der Waals surface area contributed by atoms with Crippen LogP contribution in [-0.4, -0.2) is 25.5 Å². The Balaban J connectivity index is 2.58. The summed E-state index contributed by atoms with van der Waals surface area (Å²) in [6.45, 7) is 0.951. The molecule has 0 atom stereocenters. The van der Waals surface area contributed by atoms with Gasteiger partial charge in [-0.25, -0.2) is 0 Å². The number of rotatable bonds is 3. The minimum atomic E-state index is 0.784. The Labute approximate surface area is 84.6 Å². The highest BCUT2D eigenvalue weighted by Crippen LogP contribution is 2.11. The van der Waals surface area contributed by atoms with Gasteiger partial charge in [0.1, 0.15) is 0 Å². The number of likely N-dealkylation sites (N-methyl/N-ethyl adjacent to an activating group) is 1. The molecule has 0 N–H and O–H groups in total. The molecule has 0 aliphatic heterocycles. The van der Waals surface area contributed by atoms with Crippen molar-refractivity contribution in [1.82, 2.24) is 4.90 Å². The molecule has 13 heavy (non-hydrogen) atoms. The van der Waals surface area contributed by atoms with Crippen molar-refractivity contribution in [2.45, 2.75) is 0 Å². The second kappa shape index (κ2) is 5.05. The zero-order valence-electron chi connectivity index (χ0n) is 8.00. The van der Waals surface area contributed by atoms with Gasteiger partial charge in [0.15, 0.2) is 0 Å². The first-order valence-electron chi connectivity index (χ1n) is 4.25. The lowest BCUT2D eigenvalue weighted by molar-refractivity contribution is 0.457. The van der Waals surface area contributed by atoms with Crippen LogP contribution in [0.15, 0.2) is 30.3 Å². The van der Waals surface area contributed by atoms with Crippen LogP contribution in [0.3, 0.4) is 0 Å². The van der Waals surface area contributed by atoms with Crippen molar-refractivity contribution in [2.75, 3.05) is 20.6 Å². The molecular formula is C11H14ClN. The lowest BCUT2D eigenvalue weighted by atomic mass is 10.2. The maximum atomic E-state index is 5.84. The van der Waals surface area contributed by atoms with E-state index in [1.807, 2.05) is 38.4 Å². The third-order valence-electron chi connectivity index (χ3n) is 1.63. The highest BCUT2D eigenvalue weighted by molar-refractivity contribution is 6.30. The number of hydrogen-bond donors (Lipinski definition) is 0. The molecule has 1 aromatic carbocycles. The predicted octanol–water partition coefficient (Wildman–Crippen LogP) is 2.91. The van der Waals surface area contributed by atoms with Crippen LogP contribution >= 0.6 is 11.6 Å². The van der Waals surface area contributed by atoms with Crippen molar-refractivity contribution < 1.29 is 0 Å². The molecule has 0 saturated carbocycles. The summed E-state index contributed by atoms with van der Waals surface area (Å²) in [5, 5.41) is 0.784. The second-order valence-electron chi connectivity index (χ2n) is 3.22. The molecule has 0 heterocycles. The molecule has 0 fully saturated rings. The molecule has 0 aromatic heterocycles. The standard InChI is InChI=1S/C11H14ClN/c1-13(2)8-4-6-10-5-3-7-11(12)9-10/h3-7,9H,8H2,1-2H3. The highest BCUT2D eigenvalue weighted by Gasteiger charge is 1.88. The van der Waals surface area contributed by atoms with Gasteiger partial charge in [0.2, 0.25) is 0 Å². The number of nitrogens with zero attached hydrogens (tertiary/aromatic N) is 1. The summed E-state index contributed by atoms with van der Waals surface area (Å²) in [7, 11) is 4.09. The van der Waals surface area contributed by atoms with E-state index >= 15 is 0 Å². The first kappa shape index (κ1) is 10.3. The van der Waals surface area contributed by atoms with E-state index in [-0.39, 0.29) is 0 Å². The molecule has 2 heteroatoms. The summed E-state index contributed by atoms with van der Waals surface area (Å²) in [6, 6.07) is 7.83. The fourth-order valence-electron chi connectivity index (χ4n) is 1.01. The van der Waals surface area contributed by atoms with Gasteiger partial charge in [-0.3, -0.25) is 0 Å². The number of benzene rings is 1. The molecule has 0 aliphatic carbocycles. The highest BCUT2D eigenvalue weighted by atomic mass is 35.5. The number of halogens is 1. The Morgan fingerprint density at radius 2 is 2.15 bits per heavy atom. The Morgan fingerprint density at radius 3 is 2.77 bits per heavy atom. The molecule has 1 nitrogen and oxygen atoms in total. The molecule has 1 rings (SSSR count). The number of hydrogen-bond acceptors (Lipinski definition) is 1. The summed E-state index contributed by atoms with van der Waals surface area (Å²) in [4.78, 5) is 2.11. The van der Waals surface area contributed by atoms with Crippen LogP contribution in [0.5, 0.6) is 0 Å². The summed E-state index contributed by atoms with van der Waals surface area (Å²) >= 11 is 5.84. The monoisotopic (exact) mass is 195 g/mol. The normalized spacial score (nSPS) is 11.4. The van der Waals surface area contributed by atoms with Crippen LogP contribution in [0.1, 0.15) is 5.56 Å². The Morgan fingerprint density at radius 1 is 1.38 bits per heavy atom. The van der Waals surface area contributed by atoms with Crippen LogP contribution in [0.2, 0.25) is 5.02 Å². The largest absolute Gasteiger partial charge is 0.306 e. The Hall–Kier alpha value is -0.790. The van der Waals surface area contributed by atoms with Gasteiger partial charge in [0.25, 0.3) is 0 Å². The molecule has 0 bridgehead atoms. The first-order chi connectivity index (χ1) is 6.18. The van der Waals surface area contributed by atoms with Crippen LogP contribution < -0.4 is 0 Å². The van der Waals surface area contributed by atoms with E-state index in [4.69, 9.17) is 11.6 Å². The lowest BCUT2D eigenvalue weighted by Gasteiger charge is -2.03. The minimum absolute atomic E-state index is 0.784. The Kier molecular flexibility index (Phi) is 4.00. The van der Waals surface area contributed by atoms with Crippen molar-refractivity contribution in [3.05, 3.63) is 40.9 Å². The fourth-order valence-corrected chi connectivity index (χ4v) is 1.21. The first-order valence-corrected chi connectivity index (χ1v) is 4.63. The summed E-state index contributed by atoms with van der Waals surface area (Å²) < 4.78 is 0. The summed E-state index contributed by atoms with van der Waals surface area (Å²) in [6.07, 6.45) is 4.19. The van der Waals surface area contributed by atoms with Crippen molar-refractivity contribution in [3.63, 3.8) is 0 Å². The van der Waals surface area contributed by atoms with E-state index in [0.717, 1.165) is 17.1 Å². The molecular weight excluding hydrogens is 182 g/mol. The molecule has 70 valence electrons. The quantitative estimate of drug-likeness (QED) is 0.717. The molecule has 0 spiro atoms. The predicted molar refractivity (Wildman–Crippen MR) is 59.0 cm³/mol. The topological polar surface area (TPSA) is 3.24 Å². The van der Waals surface area contributed by atoms with Gasteiger partial charge in [-0.1, -0.05) is 35.9 Å². The zero-order chi connectivity index (χ0) is 9.68. The molecule has 0 radical (unpaired) electrons. The fraction of sp³-hybridized carbons (Fsp3) is 0.273. The van der Waals surface area contributed by atoms with Crippen LogP contribution in [-0.2, 0) is 0 Å². The zero-order valence-corrected chi connectivity index (χ0v) is 8.75. The van der Waals surface area contributed by atoms with E-state index in [2.05, 4.69) is 17.1 Å². The summed E-state index contributed by atoms with van der Waals surface area (Å²) in [5.74, 6) is 0. The van der Waals surface area contributed by atoms with Gasteiger partial charge in [0.05, 0.1) is 0 Å². The Bertz CT molecular complexity index is 292. The average molecular weight is 196 g/mol. The smallest absolute Gasteiger partial charge is 0.0411 e. The molecule has 0 saturated heterocycles. The maximum absolute atomic E-state index is 5.84. The average Bonchev–Trinajstić information content (AvgIpc) is 2.03. The van der Waals surface area contributed by atoms with Crippen molar-refractivity contribution in [3.8, 4) is 0 Å². The molecule has 1 aromatic rings. The van der Waals surface area contributed by atoms with Gasteiger partial charge in [-0.05, 0) is 31.8 Å². The summed E-state index contributed by atoms with van der Waals surface area (Å²) in [5.41, 5.74) is 1.15. The molecule has 0 unspecified atom stereocenters. The third kappa shape index (κ3) is 4.11. The van der Waals surface area contributed by atoms with E-state index in [1.165, 1.54) is 0 Å².